The van der Waals surface area contributed by atoms with E-state index in [2.05, 4.69) is 0 Å². The second-order valence-electron chi connectivity index (χ2n) is 3.25. The molecule has 1 N–H and O–H groups in total. The minimum atomic E-state index is -1.21. The summed E-state index contributed by atoms with van der Waals surface area (Å²) in [5.41, 5.74) is 0.226. The molecule has 82 valence electrons. The molecular weight excluding hydrogens is 215 g/mol. The maximum absolute atomic E-state index is 13.5. The van der Waals surface area contributed by atoms with Crippen molar-refractivity contribution in [1.29, 1.82) is 0 Å². The Morgan fingerprint density at radius 3 is 2.60 bits per heavy atom. The van der Waals surface area contributed by atoms with Crippen molar-refractivity contribution in [1.82, 2.24) is 0 Å². The molecule has 1 rings (SSSR count). The second-order valence-corrected chi connectivity index (χ2v) is 4.93. The molecule has 0 heterocycles. The molecule has 1 aromatic rings. The highest BCUT2D eigenvalue weighted by molar-refractivity contribution is 8.00. The van der Waals surface area contributed by atoms with E-state index >= 15 is 0 Å². The number of halogens is 1. The zero-order chi connectivity index (χ0) is 11.5. The summed E-state index contributed by atoms with van der Waals surface area (Å²) in [6.07, 6.45) is 0. The number of carbonyl (C=O) groups is 1. The third-order valence-electron chi connectivity index (χ3n) is 2.23. The molecule has 0 aromatic heterocycles. The zero-order valence-corrected chi connectivity index (χ0v) is 9.47. The van der Waals surface area contributed by atoms with Crippen LogP contribution < -0.4 is 0 Å². The molecule has 0 bridgehead atoms. The van der Waals surface area contributed by atoms with Crippen molar-refractivity contribution in [2.75, 3.05) is 5.75 Å². The average molecular weight is 228 g/mol. The molecule has 0 radical (unpaired) electrons. The van der Waals surface area contributed by atoms with Crippen molar-refractivity contribution in [2.45, 2.75) is 18.6 Å². The number of carboxylic acids is 1. The minimum absolute atomic E-state index is 0.226. The van der Waals surface area contributed by atoms with Crippen LogP contribution in [0.25, 0.3) is 0 Å². The number of aliphatic carboxylic acids is 1. The Morgan fingerprint density at radius 2 is 2.13 bits per heavy atom. The number of benzene rings is 1. The molecule has 1 unspecified atom stereocenters. The Labute approximate surface area is 92.5 Å². The normalized spacial score (nSPS) is 14.6. The number of rotatable bonds is 4. The van der Waals surface area contributed by atoms with Gasteiger partial charge in [0.25, 0.3) is 0 Å². The fourth-order valence-corrected chi connectivity index (χ4v) is 2.41. The highest BCUT2D eigenvalue weighted by Gasteiger charge is 2.37. The highest BCUT2D eigenvalue weighted by atomic mass is 32.2. The summed E-state index contributed by atoms with van der Waals surface area (Å²) < 4.78 is 12.3. The van der Waals surface area contributed by atoms with Gasteiger partial charge >= 0.3 is 5.97 Å². The Balaban J connectivity index is 3.21. The van der Waals surface area contributed by atoms with E-state index in [9.17, 15) is 9.18 Å². The zero-order valence-electron chi connectivity index (χ0n) is 8.66. The fraction of sp³-hybridized carbons (Fsp3) is 0.364. The summed E-state index contributed by atoms with van der Waals surface area (Å²) in [4.78, 5) is 11.2. The van der Waals surface area contributed by atoms with E-state index in [0.29, 0.717) is 5.75 Å². The van der Waals surface area contributed by atoms with Gasteiger partial charge in [-0.25, -0.2) is 4.39 Å². The number of carboxylic acid groups (broad SMARTS) is 1. The van der Waals surface area contributed by atoms with Crippen LogP contribution in [0.3, 0.4) is 0 Å². The minimum Gasteiger partial charge on any atom is -0.480 e. The van der Waals surface area contributed by atoms with Gasteiger partial charge in [0.1, 0.15) is 10.6 Å². The van der Waals surface area contributed by atoms with Gasteiger partial charge in [-0.3, -0.25) is 4.79 Å². The highest BCUT2D eigenvalue weighted by Crippen LogP contribution is 2.37. The third-order valence-corrected chi connectivity index (χ3v) is 3.49. The molecule has 15 heavy (non-hydrogen) atoms. The van der Waals surface area contributed by atoms with Crippen molar-refractivity contribution in [3.05, 3.63) is 35.6 Å². The number of hydrogen-bond acceptors (Lipinski definition) is 2. The summed E-state index contributed by atoms with van der Waals surface area (Å²) in [7, 11) is 0. The first-order valence-electron chi connectivity index (χ1n) is 4.64. The van der Waals surface area contributed by atoms with Crippen LogP contribution in [0.5, 0.6) is 0 Å². The standard InChI is InChI=1S/C11H13FO2S/c1-3-15-11(2,10(13)14)8-6-4-5-7-9(8)12/h4-7H,3H2,1-2H3,(H,13,14). The van der Waals surface area contributed by atoms with E-state index in [-0.39, 0.29) is 5.56 Å². The predicted octanol–water partition coefficient (Wildman–Crippen LogP) is 2.88. The average Bonchev–Trinajstić information content (AvgIpc) is 2.18. The Bertz CT molecular complexity index is 367. The SMILES string of the molecule is CCSC(C)(C(=O)O)c1ccccc1F. The van der Waals surface area contributed by atoms with Crippen LogP contribution in [-0.4, -0.2) is 16.8 Å². The molecular formula is C11H13FO2S. The monoisotopic (exact) mass is 228 g/mol. The van der Waals surface area contributed by atoms with E-state index in [1.807, 2.05) is 6.92 Å². The summed E-state index contributed by atoms with van der Waals surface area (Å²) in [5.74, 6) is -0.861. The molecule has 0 aliphatic rings. The molecule has 2 nitrogen and oxygen atoms in total. The van der Waals surface area contributed by atoms with Gasteiger partial charge in [0, 0.05) is 5.56 Å². The molecule has 0 amide bonds. The van der Waals surface area contributed by atoms with Crippen molar-refractivity contribution >= 4 is 17.7 Å². The van der Waals surface area contributed by atoms with Crippen LogP contribution in [0.1, 0.15) is 19.4 Å². The quantitative estimate of drug-likeness (QED) is 0.861. The lowest BCUT2D eigenvalue weighted by molar-refractivity contribution is -0.139. The molecule has 0 saturated carbocycles. The first kappa shape index (κ1) is 12.0. The summed E-state index contributed by atoms with van der Waals surface area (Å²) in [5, 5.41) is 9.15. The van der Waals surface area contributed by atoms with Crippen molar-refractivity contribution < 1.29 is 14.3 Å². The van der Waals surface area contributed by atoms with E-state index in [4.69, 9.17) is 5.11 Å². The maximum atomic E-state index is 13.5. The van der Waals surface area contributed by atoms with Crippen LogP contribution in [0.4, 0.5) is 4.39 Å². The Morgan fingerprint density at radius 1 is 1.53 bits per heavy atom. The first-order valence-corrected chi connectivity index (χ1v) is 5.63. The van der Waals surface area contributed by atoms with Crippen molar-refractivity contribution in [3.63, 3.8) is 0 Å². The van der Waals surface area contributed by atoms with E-state index in [1.54, 1.807) is 12.1 Å². The molecule has 0 fully saturated rings. The number of hydrogen-bond donors (Lipinski definition) is 1. The van der Waals surface area contributed by atoms with Crippen LogP contribution >= 0.6 is 11.8 Å². The van der Waals surface area contributed by atoms with Gasteiger partial charge < -0.3 is 5.11 Å². The molecule has 4 heteroatoms. The summed E-state index contributed by atoms with van der Waals surface area (Å²) in [6, 6.07) is 6.01. The van der Waals surface area contributed by atoms with Gasteiger partial charge in [0.05, 0.1) is 0 Å². The molecule has 1 atom stereocenters. The van der Waals surface area contributed by atoms with Crippen LogP contribution in [0.15, 0.2) is 24.3 Å². The number of thioether (sulfide) groups is 1. The van der Waals surface area contributed by atoms with Crippen molar-refractivity contribution in [2.24, 2.45) is 0 Å². The molecule has 1 aromatic carbocycles. The third kappa shape index (κ3) is 2.31. The van der Waals surface area contributed by atoms with E-state index in [1.165, 1.54) is 30.8 Å². The molecule has 0 saturated heterocycles. The lowest BCUT2D eigenvalue weighted by Gasteiger charge is -2.24. The van der Waals surface area contributed by atoms with Crippen LogP contribution in [-0.2, 0) is 9.54 Å². The lowest BCUT2D eigenvalue weighted by Crippen LogP contribution is -2.30. The summed E-state index contributed by atoms with van der Waals surface area (Å²) >= 11 is 1.21. The smallest absolute Gasteiger partial charge is 0.324 e. The Hall–Kier alpha value is -1.03. The van der Waals surface area contributed by atoms with E-state index in [0.717, 1.165) is 0 Å². The van der Waals surface area contributed by atoms with Gasteiger partial charge in [-0.2, -0.15) is 0 Å². The maximum Gasteiger partial charge on any atom is 0.324 e. The lowest BCUT2D eigenvalue weighted by atomic mass is 10.00. The topological polar surface area (TPSA) is 37.3 Å². The fourth-order valence-electron chi connectivity index (χ4n) is 1.39. The predicted molar refractivity (Wildman–Crippen MR) is 59.5 cm³/mol. The van der Waals surface area contributed by atoms with Gasteiger partial charge in [-0.1, -0.05) is 25.1 Å². The largest absolute Gasteiger partial charge is 0.480 e. The summed E-state index contributed by atoms with van der Waals surface area (Å²) in [6.45, 7) is 3.38. The van der Waals surface area contributed by atoms with Crippen LogP contribution in [0, 0.1) is 5.82 Å². The van der Waals surface area contributed by atoms with Crippen molar-refractivity contribution in [3.8, 4) is 0 Å². The van der Waals surface area contributed by atoms with E-state index < -0.39 is 16.5 Å². The molecule has 0 aliphatic heterocycles. The van der Waals surface area contributed by atoms with Gasteiger partial charge in [0.15, 0.2) is 0 Å². The second kappa shape index (κ2) is 4.66. The van der Waals surface area contributed by atoms with Gasteiger partial charge in [-0.05, 0) is 18.7 Å². The molecule has 0 aliphatic carbocycles. The Kier molecular flexibility index (Phi) is 3.74. The molecule has 0 spiro atoms. The first-order chi connectivity index (χ1) is 7.02. The van der Waals surface area contributed by atoms with Crippen LogP contribution in [0.2, 0.25) is 0 Å². The van der Waals surface area contributed by atoms with Gasteiger partial charge in [-0.15, -0.1) is 11.8 Å². The van der Waals surface area contributed by atoms with Gasteiger partial charge in [0.2, 0.25) is 0 Å².